The molecule has 0 saturated heterocycles. The van der Waals surface area contributed by atoms with Crippen molar-refractivity contribution < 1.29 is 4.74 Å². The Kier molecular flexibility index (Phi) is 5.01. The first kappa shape index (κ1) is 16.0. The van der Waals surface area contributed by atoms with Crippen molar-refractivity contribution in [1.29, 1.82) is 0 Å². The third-order valence-electron chi connectivity index (χ3n) is 3.00. The highest BCUT2D eigenvalue weighted by atomic mass is 79.9. The highest BCUT2D eigenvalue weighted by molar-refractivity contribution is 9.10. The summed E-state index contributed by atoms with van der Waals surface area (Å²) in [7, 11) is 0. The summed E-state index contributed by atoms with van der Waals surface area (Å²) in [6, 6.07) is 9.89. The average Bonchev–Trinajstić information content (AvgIpc) is 2.41. The first-order valence-electron chi connectivity index (χ1n) is 6.98. The molecule has 0 amide bonds. The second-order valence-electron chi connectivity index (χ2n) is 6.08. The fourth-order valence-corrected chi connectivity index (χ4v) is 2.05. The summed E-state index contributed by atoms with van der Waals surface area (Å²) in [5, 5.41) is 3.46. The van der Waals surface area contributed by atoms with Gasteiger partial charge in [-0.05, 0) is 57.5 Å². The van der Waals surface area contributed by atoms with Crippen LogP contribution in [0.4, 0.5) is 0 Å². The Hall–Kier alpha value is -1.39. The van der Waals surface area contributed by atoms with E-state index in [2.05, 4.69) is 47.0 Å². The van der Waals surface area contributed by atoms with Gasteiger partial charge in [0.05, 0.1) is 0 Å². The normalized spacial score (nSPS) is 11.5. The third-order valence-corrected chi connectivity index (χ3v) is 3.89. The Morgan fingerprint density at radius 1 is 1.24 bits per heavy atom. The highest BCUT2D eigenvalue weighted by Gasteiger charge is 2.12. The number of pyridine rings is 1. The minimum Gasteiger partial charge on any atom is -0.439 e. The molecular formula is C17H21BrN2O. The van der Waals surface area contributed by atoms with E-state index in [0.29, 0.717) is 5.88 Å². The predicted octanol–water partition coefficient (Wildman–Crippen LogP) is 4.83. The molecule has 1 N–H and O–H groups in total. The van der Waals surface area contributed by atoms with Gasteiger partial charge in [-0.2, -0.15) is 0 Å². The predicted molar refractivity (Wildman–Crippen MR) is 89.8 cm³/mol. The lowest BCUT2D eigenvalue weighted by atomic mass is 10.1. The fraction of sp³-hybridized carbons (Fsp3) is 0.353. The lowest BCUT2D eigenvalue weighted by molar-refractivity contribution is 0.409. The number of nitrogens with zero attached hydrogens (tertiary/aromatic N) is 1. The monoisotopic (exact) mass is 348 g/mol. The minimum atomic E-state index is 0.0569. The van der Waals surface area contributed by atoms with Gasteiger partial charge in [0.25, 0.3) is 0 Å². The standard InChI is InChI=1S/C17H21BrN2O/c1-12-10-14(7-8-15(12)18)21-16-13(6-5-9-19-16)11-20-17(2,3)4/h5-10,20H,11H2,1-4H3. The van der Waals surface area contributed by atoms with Crippen molar-refractivity contribution in [2.45, 2.75) is 39.8 Å². The molecule has 0 atom stereocenters. The summed E-state index contributed by atoms with van der Waals surface area (Å²) in [5.74, 6) is 1.45. The summed E-state index contributed by atoms with van der Waals surface area (Å²) < 4.78 is 7.01. The van der Waals surface area contributed by atoms with Gasteiger partial charge in [-0.15, -0.1) is 0 Å². The molecule has 0 radical (unpaired) electrons. The van der Waals surface area contributed by atoms with Crippen LogP contribution in [0.2, 0.25) is 0 Å². The number of aromatic nitrogens is 1. The molecule has 4 heteroatoms. The number of ether oxygens (including phenoxy) is 1. The van der Waals surface area contributed by atoms with Gasteiger partial charge in [-0.1, -0.05) is 22.0 Å². The van der Waals surface area contributed by atoms with Crippen molar-refractivity contribution in [1.82, 2.24) is 10.3 Å². The van der Waals surface area contributed by atoms with E-state index in [1.165, 1.54) is 0 Å². The zero-order valence-electron chi connectivity index (χ0n) is 12.9. The van der Waals surface area contributed by atoms with E-state index in [1.54, 1.807) is 6.20 Å². The lowest BCUT2D eigenvalue weighted by Crippen LogP contribution is -2.35. The van der Waals surface area contributed by atoms with Crippen LogP contribution in [-0.2, 0) is 6.54 Å². The number of hydrogen-bond donors (Lipinski definition) is 1. The number of nitrogens with one attached hydrogen (secondary N) is 1. The second-order valence-corrected chi connectivity index (χ2v) is 6.94. The van der Waals surface area contributed by atoms with E-state index in [0.717, 1.165) is 27.9 Å². The Bertz CT molecular complexity index is 620. The molecule has 3 nitrogen and oxygen atoms in total. The Morgan fingerprint density at radius 3 is 2.67 bits per heavy atom. The van der Waals surface area contributed by atoms with Crippen molar-refractivity contribution >= 4 is 15.9 Å². The van der Waals surface area contributed by atoms with Crippen LogP contribution in [0.5, 0.6) is 11.6 Å². The van der Waals surface area contributed by atoms with Crippen LogP contribution in [0.3, 0.4) is 0 Å². The molecular weight excluding hydrogens is 328 g/mol. The van der Waals surface area contributed by atoms with E-state index in [4.69, 9.17) is 4.74 Å². The maximum absolute atomic E-state index is 5.94. The minimum absolute atomic E-state index is 0.0569. The SMILES string of the molecule is Cc1cc(Oc2ncccc2CNC(C)(C)C)ccc1Br. The summed E-state index contributed by atoms with van der Waals surface area (Å²) in [5.41, 5.74) is 2.24. The maximum atomic E-state index is 5.94. The van der Waals surface area contributed by atoms with E-state index < -0.39 is 0 Å². The van der Waals surface area contributed by atoms with Crippen LogP contribution < -0.4 is 10.1 Å². The topological polar surface area (TPSA) is 34.1 Å². The molecule has 0 spiro atoms. The zero-order chi connectivity index (χ0) is 15.5. The van der Waals surface area contributed by atoms with Gasteiger partial charge in [0.2, 0.25) is 5.88 Å². The fourth-order valence-electron chi connectivity index (χ4n) is 1.80. The number of benzene rings is 1. The van der Waals surface area contributed by atoms with Crippen molar-refractivity contribution in [3.63, 3.8) is 0 Å². The van der Waals surface area contributed by atoms with Crippen LogP contribution >= 0.6 is 15.9 Å². The van der Waals surface area contributed by atoms with Crippen molar-refractivity contribution in [2.24, 2.45) is 0 Å². The quantitative estimate of drug-likeness (QED) is 0.858. The van der Waals surface area contributed by atoms with Gasteiger partial charge in [-0.25, -0.2) is 4.98 Å². The first-order valence-corrected chi connectivity index (χ1v) is 7.77. The summed E-state index contributed by atoms with van der Waals surface area (Å²) >= 11 is 3.49. The molecule has 0 fully saturated rings. The Balaban J connectivity index is 2.17. The van der Waals surface area contributed by atoms with Crippen LogP contribution in [0, 0.1) is 6.92 Å². The number of halogens is 1. The first-order chi connectivity index (χ1) is 9.85. The highest BCUT2D eigenvalue weighted by Crippen LogP contribution is 2.27. The van der Waals surface area contributed by atoms with Gasteiger partial charge in [0.15, 0.2) is 0 Å². The summed E-state index contributed by atoms with van der Waals surface area (Å²) in [4.78, 5) is 4.35. The average molecular weight is 349 g/mol. The van der Waals surface area contributed by atoms with Gasteiger partial charge in [0.1, 0.15) is 5.75 Å². The van der Waals surface area contributed by atoms with Crippen LogP contribution in [0.15, 0.2) is 41.0 Å². The molecule has 1 heterocycles. The van der Waals surface area contributed by atoms with Crippen molar-refractivity contribution in [3.05, 3.63) is 52.1 Å². The van der Waals surface area contributed by atoms with Crippen molar-refractivity contribution in [2.75, 3.05) is 0 Å². The second kappa shape index (κ2) is 6.58. The van der Waals surface area contributed by atoms with Gasteiger partial charge in [0, 0.05) is 28.3 Å². The molecule has 21 heavy (non-hydrogen) atoms. The van der Waals surface area contributed by atoms with Gasteiger partial charge in [-0.3, -0.25) is 0 Å². The lowest BCUT2D eigenvalue weighted by Gasteiger charge is -2.21. The number of hydrogen-bond acceptors (Lipinski definition) is 3. The van der Waals surface area contributed by atoms with E-state index in [-0.39, 0.29) is 5.54 Å². The Morgan fingerprint density at radius 2 is 2.00 bits per heavy atom. The molecule has 2 aromatic rings. The maximum Gasteiger partial charge on any atom is 0.223 e. The molecule has 2 rings (SSSR count). The van der Waals surface area contributed by atoms with Gasteiger partial charge < -0.3 is 10.1 Å². The molecule has 0 unspecified atom stereocenters. The van der Waals surface area contributed by atoms with Crippen LogP contribution in [0.1, 0.15) is 31.9 Å². The molecule has 0 saturated carbocycles. The number of aryl methyl sites for hydroxylation is 1. The van der Waals surface area contributed by atoms with Gasteiger partial charge >= 0.3 is 0 Å². The van der Waals surface area contributed by atoms with E-state index >= 15 is 0 Å². The third kappa shape index (κ3) is 4.83. The summed E-state index contributed by atoms with van der Waals surface area (Å²) in [6.07, 6.45) is 1.75. The molecule has 1 aromatic heterocycles. The van der Waals surface area contributed by atoms with E-state index in [1.807, 2.05) is 37.3 Å². The summed E-state index contributed by atoms with van der Waals surface area (Å²) in [6.45, 7) is 9.19. The smallest absolute Gasteiger partial charge is 0.223 e. The molecule has 1 aromatic carbocycles. The van der Waals surface area contributed by atoms with E-state index in [9.17, 15) is 0 Å². The van der Waals surface area contributed by atoms with Crippen molar-refractivity contribution in [3.8, 4) is 11.6 Å². The number of rotatable bonds is 4. The largest absolute Gasteiger partial charge is 0.439 e. The zero-order valence-corrected chi connectivity index (χ0v) is 14.5. The molecule has 112 valence electrons. The molecule has 0 aliphatic heterocycles. The van der Waals surface area contributed by atoms with Crippen LogP contribution in [0.25, 0.3) is 0 Å². The molecule has 0 aliphatic carbocycles. The van der Waals surface area contributed by atoms with Crippen LogP contribution in [-0.4, -0.2) is 10.5 Å². The molecule has 0 bridgehead atoms. The molecule has 0 aliphatic rings. The Labute approximate surface area is 134 Å².